The molecule has 1 atom stereocenters. The second-order valence-electron chi connectivity index (χ2n) is 5.14. The highest BCUT2D eigenvalue weighted by Gasteiger charge is 2.40. The Morgan fingerprint density at radius 2 is 2.25 bits per heavy atom. The largest absolute Gasteiger partial charge is 0.396 e. The Morgan fingerprint density at radius 1 is 1.44 bits per heavy atom. The first-order valence-corrected chi connectivity index (χ1v) is 6.21. The standard InChI is InChI=1S/C12H19N3O/c13-10-8-14-15(9-10)11-3-6-16-12(7-11)4-1-2-5-12/h8-9,11H,1-7,13H2. The molecule has 1 saturated carbocycles. The minimum absolute atomic E-state index is 0.156. The van der Waals surface area contributed by atoms with Crippen molar-refractivity contribution in [3.05, 3.63) is 12.4 Å². The van der Waals surface area contributed by atoms with E-state index < -0.39 is 0 Å². The zero-order valence-corrected chi connectivity index (χ0v) is 9.56. The molecule has 1 aliphatic carbocycles. The fourth-order valence-electron chi connectivity index (χ4n) is 3.15. The van der Waals surface area contributed by atoms with Gasteiger partial charge in [-0.1, -0.05) is 12.8 Å². The second-order valence-corrected chi connectivity index (χ2v) is 5.14. The minimum Gasteiger partial charge on any atom is -0.396 e. The van der Waals surface area contributed by atoms with Gasteiger partial charge in [0.25, 0.3) is 0 Å². The third-order valence-electron chi connectivity index (χ3n) is 3.98. The van der Waals surface area contributed by atoms with E-state index in [-0.39, 0.29) is 5.60 Å². The fourth-order valence-corrected chi connectivity index (χ4v) is 3.15. The van der Waals surface area contributed by atoms with Crippen LogP contribution in [0.2, 0.25) is 0 Å². The molecular weight excluding hydrogens is 202 g/mol. The molecule has 1 aliphatic heterocycles. The summed E-state index contributed by atoms with van der Waals surface area (Å²) in [6.07, 6.45) is 10.9. The van der Waals surface area contributed by atoms with Crippen molar-refractivity contribution in [3.63, 3.8) is 0 Å². The summed E-state index contributed by atoms with van der Waals surface area (Å²) in [4.78, 5) is 0. The number of hydrogen-bond acceptors (Lipinski definition) is 3. The average Bonchev–Trinajstić information content (AvgIpc) is 2.89. The molecule has 88 valence electrons. The number of ether oxygens (including phenoxy) is 1. The highest BCUT2D eigenvalue weighted by Crippen LogP contribution is 2.43. The summed E-state index contributed by atoms with van der Waals surface area (Å²) in [5.74, 6) is 0. The number of rotatable bonds is 1. The molecule has 16 heavy (non-hydrogen) atoms. The van der Waals surface area contributed by atoms with Gasteiger partial charge in [0.15, 0.2) is 0 Å². The lowest BCUT2D eigenvalue weighted by molar-refractivity contribution is -0.0909. The van der Waals surface area contributed by atoms with E-state index >= 15 is 0 Å². The van der Waals surface area contributed by atoms with E-state index in [0.29, 0.717) is 6.04 Å². The molecule has 0 radical (unpaired) electrons. The summed E-state index contributed by atoms with van der Waals surface area (Å²) in [5, 5.41) is 4.33. The molecule has 2 fully saturated rings. The molecular formula is C12H19N3O. The van der Waals surface area contributed by atoms with E-state index in [1.54, 1.807) is 6.20 Å². The van der Waals surface area contributed by atoms with Crippen LogP contribution >= 0.6 is 0 Å². The SMILES string of the molecule is Nc1cnn(C2CCOC3(CCCC3)C2)c1. The van der Waals surface area contributed by atoms with Crippen LogP contribution < -0.4 is 5.73 Å². The molecule has 0 aromatic carbocycles. The van der Waals surface area contributed by atoms with Gasteiger partial charge in [0.1, 0.15) is 0 Å². The van der Waals surface area contributed by atoms with Crippen molar-refractivity contribution in [1.82, 2.24) is 9.78 Å². The molecule has 1 unspecified atom stereocenters. The summed E-state index contributed by atoms with van der Waals surface area (Å²) in [5.41, 5.74) is 6.63. The number of aromatic nitrogens is 2. The van der Waals surface area contributed by atoms with Crippen LogP contribution in [0.5, 0.6) is 0 Å². The lowest BCUT2D eigenvalue weighted by Gasteiger charge is -2.38. The second kappa shape index (κ2) is 3.77. The number of hydrogen-bond donors (Lipinski definition) is 1. The maximum Gasteiger partial charge on any atom is 0.0719 e. The van der Waals surface area contributed by atoms with Gasteiger partial charge in [-0.25, -0.2) is 0 Å². The van der Waals surface area contributed by atoms with Gasteiger partial charge in [-0.2, -0.15) is 5.10 Å². The van der Waals surface area contributed by atoms with Crippen molar-refractivity contribution in [1.29, 1.82) is 0 Å². The zero-order valence-electron chi connectivity index (χ0n) is 9.56. The van der Waals surface area contributed by atoms with Crippen molar-refractivity contribution in [2.45, 2.75) is 50.2 Å². The minimum atomic E-state index is 0.156. The number of anilines is 1. The zero-order chi connectivity index (χ0) is 11.0. The average molecular weight is 221 g/mol. The van der Waals surface area contributed by atoms with Crippen LogP contribution in [0, 0.1) is 0 Å². The molecule has 0 amide bonds. The molecule has 1 aromatic heterocycles. The maximum absolute atomic E-state index is 6.01. The fraction of sp³-hybridized carbons (Fsp3) is 0.750. The molecule has 4 nitrogen and oxygen atoms in total. The lowest BCUT2D eigenvalue weighted by Crippen LogP contribution is -2.38. The van der Waals surface area contributed by atoms with E-state index in [1.165, 1.54) is 25.7 Å². The molecule has 2 heterocycles. The van der Waals surface area contributed by atoms with Gasteiger partial charge in [0.2, 0.25) is 0 Å². The summed E-state index contributed by atoms with van der Waals surface area (Å²) in [6.45, 7) is 0.866. The van der Waals surface area contributed by atoms with E-state index in [9.17, 15) is 0 Å². The van der Waals surface area contributed by atoms with Crippen LogP contribution in [0.4, 0.5) is 5.69 Å². The topological polar surface area (TPSA) is 53.1 Å². The quantitative estimate of drug-likeness (QED) is 0.790. The molecule has 0 bridgehead atoms. The van der Waals surface area contributed by atoms with Crippen LogP contribution in [0.15, 0.2) is 12.4 Å². The van der Waals surface area contributed by atoms with E-state index in [1.807, 2.05) is 10.9 Å². The third-order valence-corrected chi connectivity index (χ3v) is 3.98. The Labute approximate surface area is 95.8 Å². The molecule has 2 N–H and O–H groups in total. The van der Waals surface area contributed by atoms with Crippen LogP contribution in [0.25, 0.3) is 0 Å². The molecule has 2 aliphatic rings. The van der Waals surface area contributed by atoms with Gasteiger partial charge >= 0.3 is 0 Å². The smallest absolute Gasteiger partial charge is 0.0719 e. The number of nitrogens with two attached hydrogens (primary N) is 1. The normalized spacial score (nSPS) is 28.6. The number of nitrogens with zero attached hydrogens (tertiary/aromatic N) is 2. The molecule has 1 saturated heterocycles. The predicted molar refractivity (Wildman–Crippen MR) is 62.1 cm³/mol. The Morgan fingerprint density at radius 3 is 2.94 bits per heavy atom. The molecule has 1 spiro atoms. The van der Waals surface area contributed by atoms with E-state index in [2.05, 4.69) is 5.10 Å². The maximum atomic E-state index is 6.01. The van der Waals surface area contributed by atoms with Gasteiger partial charge in [0.05, 0.1) is 23.5 Å². The van der Waals surface area contributed by atoms with Crippen molar-refractivity contribution >= 4 is 5.69 Å². The summed E-state index contributed by atoms with van der Waals surface area (Å²) in [7, 11) is 0. The van der Waals surface area contributed by atoms with Crippen molar-refractivity contribution in [2.24, 2.45) is 0 Å². The first kappa shape index (κ1) is 10.1. The van der Waals surface area contributed by atoms with Crippen LogP contribution in [0.1, 0.15) is 44.6 Å². The Hall–Kier alpha value is -1.03. The summed E-state index contributed by atoms with van der Waals surface area (Å²) >= 11 is 0. The van der Waals surface area contributed by atoms with Gasteiger partial charge in [-0.15, -0.1) is 0 Å². The Kier molecular flexibility index (Phi) is 2.39. The highest BCUT2D eigenvalue weighted by atomic mass is 16.5. The van der Waals surface area contributed by atoms with Gasteiger partial charge in [0, 0.05) is 12.8 Å². The van der Waals surface area contributed by atoms with Crippen LogP contribution in [-0.2, 0) is 4.74 Å². The molecule has 1 aromatic rings. The van der Waals surface area contributed by atoms with Crippen molar-refractivity contribution in [3.8, 4) is 0 Å². The Bertz CT molecular complexity index is 368. The number of nitrogen functional groups attached to an aromatic ring is 1. The van der Waals surface area contributed by atoms with Crippen LogP contribution in [-0.4, -0.2) is 22.0 Å². The first-order chi connectivity index (χ1) is 7.77. The summed E-state index contributed by atoms with van der Waals surface area (Å²) in [6, 6.07) is 0.476. The Balaban J connectivity index is 1.77. The van der Waals surface area contributed by atoms with E-state index in [4.69, 9.17) is 10.5 Å². The van der Waals surface area contributed by atoms with Gasteiger partial charge in [-0.3, -0.25) is 4.68 Å². The first-order valence-electron chi connectivity index (χ1n) is 6.21. The van der Waals surface area contributed by atoms with Gasteiger partial charge < -0.3 is 10.5 Å². The predicted octanol–water partition coefficient (Wildman–Crippen LogP) is 2.13. The highest BCUT2D eigenvalue weighted by molar-refractivity contribution is 5.30. The third kappa shape index (κ3) is 1.71. The van der Waals surface area contributed by atoms with Crippen LogP contribution in [0.3, 0.4) is 0 Å². The lowest BCUT2D eigenvalue weighted by atomic mass is 9.89. The van der Waals surface area contributed by atoms with Gasteiger partial charge in [-0.05, 0) is 25.7 Å². The molecule has 4 heteroatoms. The van der Waals surface area contributed by atoms with Crippen molar-refractivity contribution < 1.29 is 4.74 Å². The summed E-state index contributed by atoms with van der Waals surface area (Å²) < 4.78 is 8.04. The monoisotopic (exact) mass is 221 g/mol. The molecule has 3 rings (SSSR count). The van der Waals surface area contributed by atoms with E-state index in [0.717, 1.165) is 25.1 Å². The van der Waals surface area contributed by atoms with Crippen molar-refractivity contribution in [2.75, 3.05) is 12.3 Å².